The summed E-state index contributed by atoms with van der Waals surface area (Å²) in [4.78, 5) is 36.6. The summed E-state index contributed by atoms with van der Waals surface area (Å²) >= 11 is 0. The summed E-state index contributed by atoms with van der Waals surface area (Å²) in [6.45, 7) is 5.06. The quantitative estimate of drug-likeness (QED) is 0.0742. The summed E-state index contributed by atoms with van der Waals surface area (Å²) in [5, 5.41) is 0. The molecule has 14 heteroatoms. The van der Waals surface area contributed by atoms with Crippen LogP contribution in [0.3, 0.4) is 0 Å². The van der Waals surface area contributed by atoms with Gasteiger partial charge in [0.15, 0.2) is 30.5 Å². The zero-order valence-electron chi connectivity index (χ0n) is 34.7. The Morgan fingerprint density at radius 3 is 1.51 bits per heavy atom. The van der Waals surface area contributed by atoms with Crippen LogP contribution in [-0.4, -0.2) is 92.1 Å². The Hall–Kier alpha value is -5.06. The first kappa shape index (κ1) is 45.5. The van der Waals surface area contributed by atoms with E-state index in [-0.39, 0.29) is 33.0 Å². The molecule has 2 saturated heterocycles. The standard InChI is InChI=1S/C47H53FO13/c1-31(49)53-30-38-42(57-32(2)50)43(58-33(3)51)40(48)46(59-38)61-47(4)45(56-28-37-23-15-8-16-24-37)44(55-27-36-21-13-7-14-22-36)41(54-26-35-19-11-6-12-20-35)39(60-47)29-52-25-34-17-9-5-10-18-34/h5-24,38-46H,25-30H2,1-4H3. The highest BCUT2D eigenvalue weighted by atomic mass is 19.1. The van der Waals surface area contributed by atoms with Gasteiger partial charge in [0.2, 0.25) is 0 Å². The summed E-state index contributed by atoms with van der Waals surface area (Å²) in [5.74, 6) is -4.24. The van der Waals surface area contributed by atoms with E-state index < -0.39 is 85.5 Å². The van der Waals surface area contributed by atoms with E-state index in [4.69, 9.17) is 47.4 Å². The van der Waals surface area contributed by atoms with Crippen molar-refractivity contribution in [3.8, 4) is 0 Å². The van der Waals surface area contributed by atoms with Crippen LogP contribution < -0.4 is 0 Å². The summed E-state index contributed by atoms with van der Waals surface area (Å²) in [7, 11) is 0. The van der Waals surface area contributed by atoms with Gasteiger partial charge in [0, 0.05) is 20.8 Å². The fraction of sp³-hybridized carbons (Fsp3) is 0.426. The number of hydrogen-bond acceptors (Lipinski definition) is 13. The van der Waals surface area contributed by atoms with Gasteiger partial charge in [-0.25, -0.2) is 4.39 Å². The minimum atomic E-state index is -2.25. The number of esters is 3. The Morgan fingerprint density at radius 2 is 1.02 bits per heavy atom. The monoisotopic (exact) mass is 844 g/mol. The number of benzene rings is 4. The predicted octanol–water partition coefficient (Wildman–Crippen LogP) is 6.58. The maximum absolute atomic E-state index is 17.0. The lowest BCUT2D eigenvalue weighted by molar-refractivity contribution is -0.422. The third-order valence-electron chi connectivity index (χ3n) is 10.1. The number of alkyl halides is 1. The molecule has 4 aromatic carbocycles. The van der Waals surface area contributed by atoms with E-state index in [2.05, 4.69) is 0 Å². The zero-order valence-corrected chi connectivity index (χ0v) is 34.7. The highest BCUT2D eigenvalue weighted by Gasteiger charge is 2.60. The molecule has 2 aliphatic heterocycles. The molecule has 0 saturated carbocycles. The van der Waals surface area contributed by atoms with Gasteiger partial charge in [0.05, 0.1) is 33.0 Å². The second-order valence-electron chi connectivity index (χ2n) is 15.0. The summed E-state index contributed by atoms with van der Waals surface area (Å²) in [5.41, 5.74) is 3.51. The van der Waals surface area contributed by atoms with Crippen molar-refractivity contribution in [2.24, 2.45) is 0 Å². The Balaban J connectivity index is 1.40. The lowest BCUT2D eigenvalue weighted by Crippen LogP contribution is -2.69. The maximum atomic E-state index is 17.0. The van der Waals surface area contributed by atoms with Gasteiger partial charge in [-0.05, 0) is 29.2 Å². The number of rotatable bonds is 19. The molecule has 0 bridgehead atoms. The molecule has 0 aliphatic carbocycles. The lowest BCUT2D eigenvalue weighted by Gasteiger charge is -2.53. The van der Waals surface area contributed by atoms with Crippen molar-refractivity contribution in [2.45, 2.75) is 115 Å². The molecule has 2 heterocycles. The first-order valence-electron chi connectivity index (χ1n) is 20.2. The molecule has 6 rings (SSSR count). The van der Waals surface area contributed by atoms with Crippen molar-refractivity contribution in [3.05, 3.63) is 144 Å². The van der Waals surface area contributed by atoms with Gasteiger partial charge in [0.1, 0.15) is 37.1 Å². The van der Waals surface area contributed by atoms with E-state index in [1.807, 2.05) is 121 Å². The van der Waals surface area contributed by atoms with Gasteiger partial charge in [-0.15, -0.1) is 0 Å². The fourth-order valence-corrected chi connectivity index (χ4v) is 7.32. The molecule has 4 aromatic rings. The first-order chi connectivity index (χ1) is 29.5. The first-order valence-corrected chi connectivity index (χ1v) is 20.2. The van der Waals surface area contributed by atoms with E-state index in [0.29, 0.717) is 0 Å². The van der Waals surface area contributed by atoms with Gasteiger partial charge >= 0.3 is 17.9 Å². The molecule has 2 fully saturated rings. The highest BCUT2D eigenvalue weighted by molar-refractivity contribution is 5.68. The Kier molecular flexibility index (Phi) is 16.5. The van der Waals surface area contributed by atoms with E-state index >= 15 is 4.39 Å². The summed E-state index contributed by atoms with van der Waals surface area (Å²) in [6.07, 6.45) is -12.5. The zero-order chi connectivity index (χ0) is 43.2. The van der Waals surface area contributed by atoms with Gasteiger partial charge in [0.25, 0.3) is 0 Å². The average Bonchev–Trinajstić information content (AvgIpc) is 3.25. The molecular weight excluding hydrogens is 792 g/mol. The number of hydrogen-bond donors (Lipinski definition) is 0. The third-order valence-corrected chi connectivity index (χ3v) is 10.1. The number of ether oxygens (including phenoxy) is 10. The van der Waals surface area contributed by atoms with Crippen LogP contribution in [0.4, 0.5) is 4.39 Å². The van der Waals surface area contributed by atoms with Crippen LogP contribution >= 0.6 is 0 Å². The SMILES string of the molecule is CC(=O)OCC1OC(OC2(C)OC(COCc3ccccc3)C(OCc3ccccc3)C(OCc3ccccc3)C2OCc2ccccc2)C(F)C(OC(C)=O)C1OC(C)=O. The highest BCUT2D eigenvalue weighted by Crippen LogP contribution is 2.41. The van der Waals surface area contributed by atoms with Crippen LogP contribution in [0.25, 0.3) is 0 Å². The van der Waals surface area contributed by atoms with E-state index in [1.54, 1.807) is 6.92 Å². The average molecular weight is 845 g/mol. The van der Waals surface area contributed by atoms with Crippen LogP contribution in [-0.2, 0) is 88.2 Å². The van der Waals surface area contributed by atoms with Crippen LogP contribution in [0.15, 0.2) is 121 Å². The van der Waals surface area contributed by atoms with Gasteiger partial charge < -0.3 is 47.4 Å². The number of halogens is 1. The minimum absolute atomic E-state index is 0.0197. The van der Waals surface area contributed by atoms with Crippen molar-refractivity contribution >= 4 is 17.9 Å². The van der Waals surface area contributed by atoms with Gasteiger partial charge in [-0.1, -0.05) is 121 Å². The van der Waals surface area contributed by atoms with Crippen molar-refractivity contribution in [2.75, 3.05) is 13.2 Å². The van der Waals surface area contributed by atoms with Crippen LogP contribution in [0.5, 0.6) is 0 Å². The molecule has 0 aromatic heterocycles. The van der Waals surface area contributed by atoms with E-state index in [0.717, 1.165) is 36.1 Å². The maximum Gasteiger partial charge on any atom is 0.303 e. The molecule has 2 aliphatic rings. The minimum Gasteiger partial charge on any atom is -0.463 e. The second kappa shape index (κ2) is 22.2. The predicted molar refractivity (Wildman–Crippen MR) is 217 cm³/mol. The largest absolute Gasteiger partial charge is 0.463 e. The van der Waals surface area contributed by atoms with Gasteiger partial charge in [-0.2, -0.15) is 0 Å². The summed E-state index contributed by atoms with van der Waals surface area (Å²) < 4.78 is 79.3. The van der Waals surface area contributed by atoms with Gasteiger partial charge in [-0.3, -0.25) is 14.4 Å². The molecule has 13 nitrogen and oxygen atoms in total. The van der Waals surface area contributed by atoms with Crippen molar-refractivity contribution in [1.82, 2.24) is 0 Å². The summed E-state index contributed by atoms with van der Waals surface area (Å²) in [6, 6.07) is 38.2. The topological polar surface area (TPSA) is 144 Å². The molecule has 0 radical (unpaired) electrons. The Labute approximate surface area is 355 Å². The molecular formula is C47H53FO13. The number of carbonyl (C=O) groups is 3. The van der Waals surface area contributed by atoms with E-state index in [1.165, 1.54) is 6.92 Å². The van der Waals surface area contributed by atoms with Crippen molar-refractivity contribution < 1.29 is 66.1 Å². The van der Waals surface area contributed by atoms with Crippen LogP contribution in [0, 0.1) is 0 Å². The molecule has 10 atom stereocenters. The molecule has 0 spiro atoms. The molecule has 61 heavy (non-hydrogen) atoms. The molecule has 0 N–H and O–H groups in total. The third kappa shape index (κ3) is 13.0. The van der Waals surface area contributed by atoms with Crippen LogP contribution in [0.2, 0.25) is 0 Å². The number of carbonyl (C=O) groups excluding carboxylic acids is 3. The van der Waals surface area contributed by atoms with Crippen molar-refractivity contribution in [3.63, 3.8) is 0 Å². The van der Waals surface area contributed by atoms with Crippen LogP contribution in [0.1, 0.15) is 49.9 Å². The normalized spacial score (nSPS) is 27.5. The second-order valence-corrected chi connectivity index (χ2v) is 15.0. The fourth-order valence-electron chi connectivity index (χ4n) is 7.32. The lowest BCUT2D eigenvalue weighted by atomic mass is 9.91. The van der Waals surface area contributed by atoms with E-state index in [9.17, 15) is 14.4 Å². The Bertz CT molecular complexity index is 1960. The molecule has 0 amide bonds. The Morgan fingerprint density at radius 1 is 0.557 bits per heavy atom. The molecule has 10 unspecified atom stereocenters. The molecule has 326 valence electrons. The smallest absolute Gasteiger partial charge is 0.303 e. The van der Waals surface area contributed by atoms with Crippen molar-refractivity contribution in [1.29, 1.82) is 0 Å².